The molecule has 0 aromatic rings. The molecule has 0 aromatic heterocycles. The summed E-state index contributed by atoms with van der Waals surface area (Å²) < 4.78 is 24.2. The smallest absolute Gasteiger partial charge is 0.314 e. The van der Waals surface area contributed by atoms with Crippen LogP contribution in [-0.4, -0.2) is 51.2 Å². The molecule has 1 aliphatic rings. The van der Waals surface area contributed by atoms with Crippen LogP contribution < -0.4 is 10.6 Å². The molecule has 22 heavy (non-hydrogen) atoms. The lowest BCUT2D eigenvalue weighted by Gasteiger charge is -2.17. The van der Waals surface area contributed by atoms with E-state index >= 15 is 0 Å². The molecule has 1 aliphatic carbocycles. The summed E-state index contributed by atoms with van der Waals surface area (Å²) in [4.78, 5) is 11.6. The summed E-state index contributed by atoms with van der Waals surface area (Å²) in [5.74, 6) is 0.862. The molecule has 0 heterocycles. The van der Waals surface area contributed by atoms with Gasteiger partial charge in [-0.2, -0.15) is 0 Å². The number of carbonyl (C=O) groups excluding carboxylic acids is 1. The van der Waals surface area contributed by atoms with Crippen LogP contribution in [0.1, 0.15) is 51.9 Å². The fraction of sp³-hybridized carbons (Fsp3) is 0.933. The van der Waals surface area contributed by atoms with E-state index in [2.05, 4.69) is 10.6 Å². The molecule has 0 atom stereocenters. The predicted octanol–water partition coefficient (Wildman–Crippen LogP) is 1.93. The van der Waals surface area contributed by atoms with E-state index in [0.717, 1.165) is 12.3 Å². The Morgan fingerprint density at radius 1 is 1.14 bits per heavy atom. The van der Waals surface area contributed by atoms with E-state index in [1.165, 1.54) is 42.7 Å². The van der Waals surface area contributed by atoms with Gasteiger partial charge < -0.3 is 10.6 Å². The lowest BCUT2D eigenvalue weighted by molar-refractivity contribution is 0.240. The molecule has 1 rings (SSSR count). The molecule has 2 amide bonds. The molecule has 0 unspecified atom stereocenters. The Morgan fingerprint density at radius 2 is 1.73 bits per heavy atom. The molecule has 0 saturated heterocycles. The minimum atomic E-state index is -3.14. The van der Waals surface area contributed by atoms with Crippen LogP contribution >= 0.6 is 0 Å². The summed E-state index contributed by atoms with van der Waals surface area (Å²) >= 11 is 0. The van der Waals surface area contributed by atoms with E-state index in [1.54, 1.807) is 0 Å². The van der Waals surface area contributed by atoms with Crippen molar-refractivity contribution in [2.75, 3.05) is 32.4 Å². The van der Waals surface area contributed by atoms with Crippen molar-refractivity contribution in [3.05, 3.63) is 0 Å². The zero-order chi connectivity index (χ0) is 16.4. The number of nitrogens with one attached hydrogen (secondary N) is 2. The highest BCUT2D eigenvalue weighted by atomic mass is 32.2. The third kappa shape index (κ3) is 7.98. The number of amides is 2. The van der Waals surface area contributed by atoms with Crippen LogP contribution in [0, 0.1) is 5.92 Å². The highest BCUT2D eigenvalue weighted by molar-refractivity contribution is 7.88. The van der Waals surface area contributed by atoms with Crippen LogP contribution in [0.2, 0.25) is 0 Å². The van der Waals surface area contributed by atoms with Crippen molar-refractivity contribution in [2.45, 2.75) is 51.9 Å². The fourth-order valence-electron chi connectivity index (χ4n) is 2.97. The molecule has 7 heteroatoms. The summed E-state index contributed by atoms with van der Waals surface area (Å²) in [7, 11) is -3.14. The van der Waals surface area contributed by atoms with Crippen molar-refractivity contribution in [1.29, 1.82) is 0 Å². The van der Waals surface area contributed by atoms with Gasteiger partial charge in [0, 0.05) is 26.2 Å². The van der Waals surface area contributed by atoms with Gasteiger partial charge in [0.05, 0.1) is 6.26 Å². The normalized spacial score (nSPS) is 16.1. The molecule has 0 aromatic carbocycles. The van der Waals surface area contributed by atoms with Crippen LogP contribution in [0.5, 0.6) is 0 Å². The van der Waals surface area contributed by atoms with Gasteiger partial charge in [0.15, 0.2) is 0 Å². The van der Waals surface area contributed by atoms with Crippen LogP contribution in [0.15, 0.2) is 0 Å². The Labute approximate surface area is 135 Å². The number of carbonyl (C=O) groups is 1. The third-order valence-corrected chi connectivity index (χ3v) is 5.62. The van der Waals surface area contributed by atoms with Crippen LogP contribution in [0.3, 0.4) is 0 Å². The Bertz CT molecular complexity index is 420. The van der Waals surface area contributed by atoms with Gasteiger partial charge in [-0.05, 0) is 25.2 Å². The molecular formula is C15H31N3O3S. The number of hydrogen-bond acceptors (Lipinski definition) is 3. The van der Waals surface area contributed by atoms with E-state index in [-0.39, 0.29) is 6.03 Å². The fourth-order valence-corrected chi connectivity index (χ4v) is 3.90. The Hall–Kier alpha value is -0.820. The van der Waals surface area contributed by atoms with E-state index in [9.17, 15) is 13.2 Å². The van der Waals surface area contributed by atoms with E-state index in [0.29, 0.717) is 32.6 Å². The Kier molecular flexibility index (Phi) is 8.78. The number of nitrogens with zero attached hydrogens (tertiary/aromatic N) is 1. The molecule has 0 spiro atoms. The first kappa shape index (κ1) is 19.2. The molecule has 2 N–H and O–H groups in total. The second-order valence-corrected chi connectivity index (χ2v) is 8.07. The molecule has 0 radical (unpaired) electrons. The van der Waals surface area contributed by atoms with E-state index < -0.39 is 10.0 Å². The average Bonchev–Trinajstić information content (AvgIpc) is 2.95. The number of sulfonamides is 1. The van der Waals surface area contributed by atoms with Gasteiger partial charge in [0.25, 0.3) is 0 Å². The van der Waals surface area contributed by atoms with Crippen molar-refractivity contribution in [3.8, 4) is 0 Å². The van der Waals surface area contributed by atoms with Crippen LogP contribution in [0.4, 0.5) is 4.79 Å². The standard InChI is InChI=1S/C15H31N3O3S/c1-3-18(22(2,20)21)13-7-12-17-15(19)16-11-6-10-14-8-4-5-9-14/h14H,3-13H2,1-2H3,(H2,16,17,19). The van der Waals surface area contributed by atoms with Crippen molar-refractivity contribution in [3.63, 3.8) is 0 Å². The predicted molar refractivity (Wildman–Crippen MR) is 89.3 cm³/mol. The maximum atomic E-state index is 11.6. The molecule has 6 nitrogen and oxygen atoms in total. The van der Waals surface area contributed by atoms with Crippen molar-refractivity contribution in [2.24, 2.45) is 5.92 Å². The maximum absolute atomic E-state index is 11.6. The minimum Gasteiger partial charge on any atom is -0.338 e. The SMILES string of the molecule is CCN(CCCNC(=O)NCCCC1CCCC1)S(C)(=O)=O. The first-order chi connectivity index (χ1) is 10.4. The second-order valence-electron chi connectivity index (χ2n) is 6.08. The molecule has 130 valence electrons. The van der Waals surface area contributed by atoms with Crippen molar-refractivity contribution >= 4 is 16.1 Å². The summed E-state index contributed by atoms with van der Waals surface area (Å²) in [5.41, 5.74) is 0. The second kappa shape index (κ2) is 10.0. The lowest BCUT2D eigenvalue weighted by atomic mass is 10.0. The summed E-state index contributed by atoms with van der Waals surface area (Å²) in [6, 6.07) is -0.158. The van der Waals surface area contributed by atoms with Gasteiger partial charge in [-0.15, -0.1) is 0 Å². The van der Waals surface area contributed by atoms with Crippen LogP contribution in [-0.2, 0) is 10.0 Å². The zero-order valence-corrected chi connectivity index (χ0v) is 14.8. The van der Waals surface area contributed by atoms with Crippen molar-refractivity contribution in [1.82, 2.24) is 14.9 Å². The molecular weight excluding hydrogens is 302 g/mol. The van der Waals surface area contributed by atoms with Gasteiger partial charge in [0.2, 0.25) is 10.0 Å². The van der Waals surface area contributed by atoms with Crippen molar-refractivity contribution < 1.29 is 13.2 Å². The highest BCUT2D eigenvalue weighted by Crippen LogP contribution is 2.28. The quantitative estimate of drug-likeness (QED) is 0.600. The van der Waals surface area contributed by atoms with Gasteiger partial charge in [-0.1, -0.05) is 32.6 Å². The maximum Gasteiger partial charge on any atom is 0.314 e. The topological polar surface area (TPSA) is 78.5 Å². The Morgan fingerprint density at radius 3 is 2.27 bits per heavy atom. The monoisotopic (exact) mass is 333 g/mol. The third-order valence-electron chi connectivity index (χ3n) is 4.24. The molecule has 0 bridgehead atoms. The van der Waals surface area contributed by atoms with E-state index in [4.69, 9.17) is 0 Å². The first-order valence-electron chi connectivity index (χ1n) is 8.40. The highest BCUT2D eigenvalue weighted by Gasteiger charge is 2.14. The van der Waals surface area contributed by atoms with E-state index in [1.807, 2.05) is 6.92 Å². The summed E-state index contributed by atoms with van der Waals surface area (Å²) in [5, 5.41) is 5.63. The first-order valence-corrected chi connectivity index (χ1v) is 10.2. The average molecular weight is 333 g/mol. The van der Waals surface area contributed by atoms with Gasteiger partial charge in [0.1, 0.15) is 0 Å². The molecule has 0 aliphatic heterocycles. The number of urea groups is 1. The number of rotatable bonds is 10. The number of hydrogen-bond donors (Lipinski definition) is 2. The Balaban J connectivity index is 2.00. The van der Waals surface area contributed by atoms with Crippen LogP contribution in [0.25, 0.3) is 0 Å². The van der Waals surface area contributed by atoms with Gasteiger partial charge in [-0.3, -0.25) is 0 Å². The molecule has 1 fully saturated rings. The van der Waals surface area contributed by atoms with Gasteiger partial charge >= 0.3 is 6.03 Å². The minimum absolute atomic E-state index is 0.158. The zero-order valence-electron chi connectivity index (χ0n) is 13.9. The summed E-state index contributed by atoms with van der Waals surface area (Å²) in [6.45, 7) is 3.92. The largest absolute Gasteiger partial charge is 0.338 e. The summed E-state index contributed by atoms with van der Waals surface area (Å²) in [6.07, 6.45) is 9.50. The molecule has 1 saturated carbocycles. The lowest BCUT2D eigenvalue weighted by Crippen LogP contribution is -2.38. The van der Waals surface area contributed by atoms with Gasteiger partial charge in [-0.25, -0.2) is 17.5 Å².